The van der Waals surface area contributed by atoms with Crippen LogP contribution in [-0.4, -0.2) is 24.1 Å². The van der Waals surface area contributed by atoms with Crippen molar-refractivity contribution in [2.75, 3.05) is 23.3 Å². The van der Waals surface area contributed by atoms with Crippen molar-refractivity contribution in [1.29, 1.82) is 0 Å². The van der Waals surface area contributed by atoms with Crippen molar-refractivity contribution >= 4 is 11.5 Å². The maximum absolute atomic E-state index is 4.49. The molecular weight excluding hydrogens is 198 g/mol. The minimum absolute atomic E-state index is 0.671. The van der Waals surface area contributed by atoms with Crippen molar-refractivity contribution < 1.29 is 0 Å². The Morgan fingerprint density at radius 3 is 2.50 bits per heavy atom. The smallest absolute Gasteiger partial charge is 0.126 e. The summed E-state index contributed by atoms with van der Waals surface area (Å²) in [6.07, 6.45) is 8.62. The van der Waals surface area contributed by atoms with Gasteiger partial charge in [0, 0.05) is 19.1 Å². The van der Waals surface area contributed by atoms with E-state index in [1.165, 1.54) is 50.9 Å². The van der Waals surface area contributed by atoms with E-state index in [0.717, 1.165) is 5.82 Å². The van der Waals surface area contributed by atoms with E-state index in [1.54, 1.807) is 0 Å². The lowest BCUT2D eigenvalue weighted by Gasteiger charge is -2.27. The van der Waals surface area contributed by atoms with E-state index in [4.69, 9.17) is 0 Å². The maximum atomic E-state index is 4.49. The molecule has 0 unspecified atom stereocenters. The van der Waals surface area contributed by atoms with E-state index in [0.29, 0.717) is 6.04 Å². The molecule has 1 saturated heterocycles. The van der Waals surface area contributed by atoms with Crippen LogP contribution in [-0.2, 0) is 0 Å². The monoisotopic (exact) mass is 217 g/mol. The van der Waals surface area contributed by atoms with Crippen LogP contribution in [0.1, 0.15) is 32.1 Å². The first-order valence-corrected chi connectivity index (χ1v) is 6.39. The van der Waals surface area contributed by atoms with Crippen LogP contribution in [0.5, 0.6) is 0 Å². The van der Waals surface area contributed by atoms with Gasteiger partial charge in [0.25, 0.3) is 0 Å². The molecule has 1 aromatic heterocycles. The number of nitrogens with one attached hydrogen (secondary N) is 1. The molecule has 1 N–H and O–H groups in total. The molecule has 16 heavy (non-hydrogen) atoms. The molecule has 3 heteroatoms. The minimum Gasteiger partial charge on any atom is -0.370 e. The molecule has 2 fully saturated rings. The van der Waals surface area contributed by atoms with Gasteiger partial charge in [0.2, 0.25) is 0 Å². The first kappa shape index (κ1) is 9.94. The van der Waals surface area contributed by atoms with E-state index in [-0.39, 0.29) is 0 Å². The van der Waals surface area contributed by atoms with Crippen molar-refractivity contribution in [2.24, 2.45) is 0 Å². The molecular formula is C13H19N3. The Morgan fingerprint density at radius 2 is 1.94 bits per heavy atom. The molecule has 0 amide bonds. The van der Waals surface area contributed by atoms with Gasteiger partial charge >= 0.3 is 0 Å². The van der Waals surface area contributed by atoms with Crippen molar-refractivity contribution in [2.45, 2.75) is 38.1 Å². The Bertz CT molecular complexity index is 337. The largest absolute Gasteiger partial charge is 0.370 e. The summed E-state index contributed by atoms with van der Waals surface area (Å²) in [5, 5.41) is 3.47. The standard InChI is InChI=1S/C13H19N3/c1-2-9-16(8-1)12-6-7-13(14-10-12)15-11-4-3-5-11/h6-7,10-11H,1-5,8-9H2,(H,14,15). The Labute approximate surface area is 96.9 Å². The van der Waals surface area contributed by atoms with Crippen molar-refractivity contribution in [3.8, 4) is 0 Å². The van der Waals surface area contributed by atoms with Gasteiger partial charge in [-0.25, -0.2) is 4.98 Å². The summed E-state index contributed by atoms with van der Waals surface area (Å²) in [7, 11) is 0. The highest BCUT2D eigenvalue weighted by Crippen LogP contribution is 2.24. The quantitative estimate of drug-likeness (QED) is 0.843. The third-order valence-electron chi connectivity index (χ3n) is 3.68. The number of hydrogen-bond acceptors (Lipinski definition) is 3. The Kier molecular flexibility index (Phi) is 2.68. The van der Waals surface area contributed by atoms with Gasteiger partial charge in [0.1, 0.15) is 5.82 Å². The van der Waals surface area contributed by atoms with Crippen LogP contribution in [0.25, 0.3) is 0 Å². The highest BCUT2D eigenvalue weighted by atomic mass is 15.2. The molecule has 2 heterocycles. The Morgan fingerprint density at radius 1 is 1.12 bits per heavy atom. The van der Waals surface area contributed by atoms with Gasteiger partial charge in [-0.1, -0.05) is 0 Å². The third kappa shape index (κ3) is 1.99. The molecule has 1 aliphatic carbocycles. The lowest BCUT2D eigenvalue weighted by atomic mass is 9.93. The van der Waals surface area contributed by atoms with E-state index >= 15 is 0 Å². The molecule has 1 aromatic rings. The topological polar surface area (TPSA) is 28.2 Å². The van der Waals surface area contributed by atoms with Gasteiger partial charge in [-0.05, 0) is 44.2 Å². The SMILES string of the molecule is c1cc(NC2CCC2)ncc1N1CCCC1. The van der Waals surface area contributed by atoms with Crippen LogP contribution in [0.4, 0.5) is 11.5 Å². The molecule has 0 radical (unpaired) electrons. The van der Waals surface area contributed by atoms with Crippen molar-refractivity contribution in [3.05, 3.63) is 18.3 Å². The van der Waals surface area contributed by atoms with Crippen LogP contribution in [0.15, 0.2) is 18.3 Å². The second kappa shape index (κ2) is 4.32. The van der Waals surface area contributed by atoms with Gasteiger partial charge in [0.15, 0.2) is 0 Å². The highest BCUT2D eigenvalue weighted by Gasteiger charge is 2.17. The zero-order valence-corrected chi connectivity index (χ0v) is 9.65. The summed E-state index contributed by atoms with van der Waals surface area (Å²) >= 11 is 0. The summed E-state index contributed by atoms with van der Waals surface area (Å²) in [6.45, 7) is 2.38. The van der Waals surface area contributed by atoms with Crippen LogP contribution < -0.4 is 10.2 Å². The summed E-state index contributed by atoms with van der Waals surface area (Å²) in [5.74, 6) is 1.03. The van der Waals surface area contributed by atoms with Crippen molar-refractivity contribution in [3.63, 3.8) is 0 Å². The summed E-state index contributed by atoms with van der Waals surface area (Å²) in [4.78, 5) is 6.91. The molecule has 3 nitrogen and oxygen atoms in total. The van der Waals surface area contributed by atoms with Gasteiger partial charge in [0.05, 0.1) is 11.9 Å². The molecule has 2 aliphatic rings. The highest BCUT2D eigenvalue weighted by molar-refractivity contribution is 5.50. The fraction of sp³-hybridized carbons (Fsp3) is 0.615. The zero-order chi connectivity index (χ0) is 10.8. The van der Waals surface area contributed by atoms with Crippen LogP contribution in [0.2, 0.25) is 0 Å². The molecule has 0 atom stereocenters. The average Bonchev–Trinajstić information content (AvgIpc) is 2.78. The minimum atomic E-state index is 0.671. The molecule has 0 aromatic carbocycles. The third-order valence-corrected chi connectivity index (χ3v) is 3.68. The fourth-order valence-corrected chi connectivity index (χ4v) is 2.40. The molecule has 3 rings (SSSR count). The van der Waals surface area contributed by atoms with E-state index < -0.39 is 0 Å². The molecule has 0 spiro atoms. The van der Waals surface area contributed by atoms with Crippen LogP contribution >= 0.6 is 0 Å². The molecule has 1 saturated carbocycles. The number of nitrogens with zero attached hydrogens (tertiary/aromatic N) is 2. The second-order valence-electron chi connectivity index (χ2n) is 4.87. The number of aromatic nitrogens is 1. The lowest BCUT2D eigenvalue weighted by molar-refractivity contribution is 0.444. The van der Waals surface area contributed by atoms with Crippen molar-refractivity contribution in [1.82, 2.24) is 4.98 Å². The molecule has 86 valence electrons. The van der Waals surface area contributed by atoms with E-state index in [1.807, 2.05) is 6.20 Å². The Hall–Kier alpha value is -1.25. The summed E-state index contributed by atoms with van der Waals surface area (Å²) < 4.78 is 0. The zero-order valence-electron chi connectivity index (χ0n) is 9.65. The van der Waals surface area contributed by atoms with Gasteiger partial charge < -0.3 is 10.2 Å². The first-order valence-electron chi connectivity index (χ1n) is 6.39. The molecule has 0 bridgehead atoms. The molecule has 1 aliphatic heterocycles. The van der Waals surface area contributed by atoms with Gasteiger partial charge in [-0.2, -0.15) is 0 Å². The van der Waals surface area contributed by atoms with E-state index in [9.17, 15) is 0 Å². The van der Waals surface area contributed by atoms with Crippen LogP contribution in [0.3, 0.4) is 0 Å². The fourth-order valence-electron chi connectivity index (χ4n) is 2.40. The number of pyridine rings is 1. The number of hydrogen-bond donors (Lipinski definition) is 1. The van der Waals surface area contributed by atoms with Gasteiger partial charge in [-0.15, -0.1) is 0 Å². The first-order chi connectivity index (χ1) is 7.92. The Balaban J connectivity index is 1.64. The normalized spacial score (nSPS) is 20.9. The predicted molar refractivity (Wildman–Crippen MR) is 66.9 cm³/mol. The van der Waals surface area contributed by atoms with Gasteiger partial charge in [-0.3, -0.25) is 0 Å². The summed E-state index contributed by atoms with van der Waals surface area (Å²) in [5.41, 5.74) is 1.27. The second-order valence-corrected chi connectivity index (χ2v) is 4.87. The van der Waals surface area contributed by atoms with Crippen LogP contribution in [0, 0.1) is 0 Å². The number of rotatable bonds is 3. The number of anilines is 2. The predicted octanol–water partition coefficient (Wildman–Crippen LogP) is 2.65. The lowest BCUT2D eigenvalue weighted by Crippen LogP contribution is -2.27. The summed E-state index contributed by atoms with van der Waals surface area (Å²) in [6, 6.07) is 4.98. The maximum Gasteiger partial charge on any atom is 0.126 e. The van der Waals surface area contributed by atoms with E-state index in [2.05, 4.69) is 27.3 Å². The average molecular weight is 217 g/mol.